The highest BCUT2D eigenvalue weighted by Crippen LogP contribution is 2.17. The maximum absolute atomic E-state index is 12.8. The molecule has 3 aromatic rings. The molecule has 26 heavy (non-hydrogen) atoms. The Labute approximate surface area is 145 Å². The molecule has 1 aliphatic heterocycles. The van der Waals surface area contributed by atoms with Crippen LogP contribution in [0.15, 0.2) is 23.0 Å². The molecular formula is C15H15F2N7O2. The van der Waals surface area contributed by atoms with E-state index in [0.29, 0.717) is 23.4 Å². The van der Waals surface area contributed by atoms with Gasteiger partial charge in [-0.05, 0) is 18.2 Å². The molecule has 0 fully saturated rings. The number of alkyl halides is 2. The molecule has 1 aliphatic rings. The lowest BCUT2D eigenvalue weighted by molar-refractivity contribution is 0.0706. The number of carbonyl (C=O) groups excluding carboxylic acids is 1. The van der Waals surface area contributed by atoms with Crippen LogP contribution in [0, 0.1) is 0 Å². The third kappa shape index (κ3) is 2.65. The number of hydrogen-bond donors (Lipinski definition) is 0. The van der Waals surface area contributed by atoms with Gasteiger partial charge >= 0.3 is 5.69 Å². The second-order valence-electron chi connectivity index (χ2n) is 6.07. The van der Waals surface area contributed by atoms with Gasteiger partial charge in [0.2, 0.25) is 0 Å². The van der Waals surface area contributed by atoms with Crippen molar-refractivity contribution in [2.45, 2.75) is 26.1 Å². The van der Waals surface area contributed by atoms with Crippen LogP contribution in [0.3, 0.4) is 0 Å². The number of fused-ring (bicyclic) bond motifs is 2. The number of carbonyl (C=O) groups is 1. The highest BCUT2D eigenvalue weighted by molar-refractivity contribution is 5.97. The quantitative estimate of drug-likeness (QED) is 0.665. The summed E-state index contributed by atoms with van der Waals surface area (Å²) in [6, 6.07) is 5.10. The Balaban J connectivity index is 1.59. The maximum Gasteiger partial charge on any atom is 0.346 e. The molecule has 0 atom stereocenters. The first-order chi connectivity index (χ1) is 12.4. The summed E-state index contributed by atoms with van der Waals surface area (Å²) in [7, 11) is 1.76. The monoisotopic (exact) mass is 363 g/mol. The van der Waals surface area contributed by atoms with Gasteiger partial charge in [-0.25, -0.2) is 22.9 Å². The number of halogens is 2. The van der Waals surface area contributed by atoms with Gasteiger partial charge < -0.3 is 4.90 Å². The van der Waals surface area contributed by atoms with Crippen LogP contribution in [0.2, 0.25) is 0 Å². The SMILES string of the molecule is Cn1nnc2cc(C(=O)N3CCn4c(nn(CC(F)F)c4=O)C3)ccc21. The van der Waals surface area contributed by atoms with E-state index in [4.69, 9.17) is 0 Å². The molecule has 136 valence electrons. The molecule has 2 aromatic heterocycles. The average molecular weight is 363 g/mol. The normalized spacial score (nSPS) is 14.2. The Morgan fingerprint density at radius 2 is 2.12 bits per heavy atom. The minimum Gasteiger partial charge on any atom is -0.329 e. The number of benzene rings is 1. The molecule has 4 rings (SSSR count). The van der Waals surface area contributed by atoms with Gasteiger partial charge in [0.25, 0.3) is 12.3 Å². The summed E-state index contributed by atoms with van der Waals surface area (Å²) in [5.41, 5.74) is 1.28. The van der Waals surface area contributed by atoms with Crippen LogP contribution < -0.4 is 5.69 Å². The fourth-order valence-electron chi connectivity index (χ4n) is 3.08. The summed E-state index contributed by atoms with van der Waals surface area (Å²) in [5.74, 6) is 0.0653. The van der Waals surface area contributed by atoms with Crippen molar-refractivity contribution < 1.29 is 13.6 Å². The first-order valence-electron chi connectivity index (χ1n) is 7.97. The fraction of sp³-hybridized carbons (Fsp3) is 0.400. The van der Waals surface area contributed by atoms with Gasteiger partial charge in [-0.15, -0.1) is 5.10 Å². The molecule has 0 N–H and O–H groups in total. The van der Waals surface area contributed by atoms with Gasteiger partial charge in [0.15, 0.2) is 5.82 Å². The second kappa shape index (κ2) is 6.00. The van der Waals surface area contributed by atoms with Gasteiger partial charge in [0.05, 0.1) is 12.1 Å². The van der Waals surface area contributed by atoms with Crippen molar-refractivity contribution in [3.63, 3.8) is 0 Å². The van der Waals surface area contributed by atoms with E-state index in [1.54, 1.807) is 29.9 Å². The van der Waals surface area contributed by atoms with E-state index in [-0.39, 0.29) is 19.0 Å². The third-order valence-corrected chi connectivity index (χ3v) is 4.38. The lowest BCUT2D eigenvalue weighted by Gasteiger charge is -2.26. The molecule has 0 spiro atoms. The Morgan fingerprint density at radius 1 is 1.31 bits per heavy atom. The zero-order chi connectivity index (χ0) is 18.4. The minimum absolute atomic E-state index is 0.0861. The van der Waals surface area contributed by atoms with E-state index >= 15 is 0 Å². The van der Waals surface area contributed by atoms with Crippen molar-refractivity contribution in [1.82, 2.24) is 34.2 Å². The van der Waals surface area contributed by atoms with Crippen LogP contribution >= 0.6 is 0 Å². The molecule has 0 saturated heterocycles. The van der Waals surface area contributed by atoms with Crippen LogP contribution in [0.1, 0.15) is 16.2 Å². The predicted molar refractivity (Wildman–Crippen MR) is 85.7 cm³/mol. The molecule has 9 nitrogen and oxygen atoms in total. The standard InChI is InChI=1S/C15H15F2N7O2/c1-21-11-3-2-9(6-10(11)18-20-21)14(25)22-4-5-23-13(8-22)19-24(15(23)26)7-12(16)17/h2-3,6,12H,4-5,7-8H2,1H3. The van der Waals surface area contributed by atoms with Crippen molar-refractivity contribution in [3.8, 4) is 0 Å². The van der Waals surface area contributed by atoms with Crippen LogP contribution in [0.4, 0.5) is 8.78 Å². The number of nitrogens with zero attached hydrogens (tertiary/aromatic N) is 7. The average Bonchev–Trinajstić information content (AvgIpc) is 3.14. The third-order valence-electron chi connectivity index (χ3n) is 4.38. The number of aryl methyl sites for hydroxylation is 1. The molecule has 0 radical (unpaired) electrons. The Morgan fingerprint density at radius 3 is 2.88 bits per heavy atom. The first-order valence-corrected chi connectivity index (χ1v) is 7.97. The minimum atomic E-state index is -2.67. The Kier molecular flexibility index (Phi) is 3.78. The number of amides is 1. The van der Waals surface area contributed by atoms with Gasteiger partial charge in [-0.2, -0.15) is 5.10 Å². The molecule has 0 unspecified atom stereocenters. The second-order valence-corrected chi connectivity index (χ2v) is 6.07. The summed E-state index contributed by atoms with van der Waals surface area (Å²) < 4.78 is 28.8. The lowest BCUT2D eigenvalue weighted by atomic mass is 10.1. The van der Waals surface area contributed by atoms with Gasteiger partial charge in [0, 0.05) is 25.7 Å². The van der Waals surface area contributed by atoms with Crippen molar-refractivity contribution in [3.05, 3.63) is 40.1 Å². The van der Waals surface area contributed by atoms with Crippen LogP contribution in [-0.2, 0) is 26.7 Å². The van der Waals surface area contributed by atoms with E-state index < -0.39 is 18.7 Å². The van der Waals surface area contributed by atoms with Crippen molar-refractivity contribution in [2.75, 3.05) is 6.54 Å². The molecule has 0 aliphatic carbocycles. The van der Waals surface area contributed by atoms with Crippen LogP contribution in [0.5, 0.6) is 0 Å². The molecule has 0 saturated carbocycles. The van der Waals surface area contributed by atoms with Crippen molar-refractivity contribution in [2.24, 2.45) is 7.05 Å². The largest absolute Gasteiger partial charge is 0.346 e. The number of aromatic nitrogens is 6. The predicted octanol–water partition coefficient (Wildman–Crippen LogP) is 0.248. The first kappa shape index (κ1) is 16.4. The van der Waals surface area contributed by atoms with Gasteiger partial charge in [-0.1, -0.05) is 5.21 Å². The molecule has 1 amide bonds. The van der Waals surface area contributed by atoms with Crippen LogP contribution in [0.25, 0.3) is 11.0 Å². The Hall–Kier alpha value is -3.11. The van der Waals surface area contributed by atoms with Gasteiger partial charge in [0.1, 0.15) is 12.1 Å². The molecule has 1 aromatic carbocycles. The van der Waals surface area contributed by atoms with E-state index in [1.165, 1.54) is 9.47 Å². The van der Waals surface area contributed by atoms with Crippen LogP contribution in [-0.4, -0.2) is 53.1 Å². The number of hydrogen-bond acceptors (Lipinski definition) is 5. The summed E-state index contributed by atoms with van der Waals surface area (Å²) >= 11 is 0. The highest BCUT2D eigenvalue weighted by atomic mass is 19.3. The maximum atomic E-state index is 12.8. The van der Waals surface area contributed by atoms with E-state index in [9.17, 15) is 18.4 Å². The molecular weight excluding hydrogens is 348 g/mol. The van der Waals surface area contributed by atoms with Crippen molar-refractivity contribution >= 4 is 16.9 Å². The summed E-state index contributed by atoms with van der Waals surface area (Å²) in [6.07, 6.45) is -2.67. The topological polar surface area (TPSA) is 90.8 Å². The zero-order valence-corrected chi connectivity index (χ0v) is 13.8. The van der Waals surface area contributed by atoms with E-state index in [0.717, 1.165) is 10.2 Å². The summed E-state index contributed by atoms with van der Waals surface area (Å²) in [5, 5.41) is 11.8. The van der Waals surface area contributed by atoms with E-state index in [2.05, 4.69) is 15.4 Å². The zero-order valence-electron chi connectivity index (χ0n) is 13.8. The van der Waals surface area contributed by atoms with Crippen molar-refractivity contribution in [1.29, 1.82) is 0 Å². The van der Waals surface area contributed by atoms with Gasteiger partial charge in [-0.3, -0.25) is 9.36 Å². The fourth-order valence-corrected chi connectivity index (χ4v) is 3.08. The molecule has 11 heteroatoms. The molecule has 0 bridgehead atoms. The highest BCUT2D eigenvalue weighted by Gasteiger charge is 2.26. The smallest absolute Gasteiger partial charge is 0.329 e. The van der Waals surface area contributed by atoms with E-state index in [1.807, 2.05) is 0 Å². The lowest BCUT2D eigenvalue weighted by Crippen LogP contribution is -2.41. The molecule has 3 heterocycles. The summed E-state index contributed by atoms with van der Waals surface area (Å²) in [6.45, 7) is -0.153. The Bertz CT molecular complexity index is 1050. The number of rotatable bonds is 3. The summed E-state index contributed by atoms with van der Waals surface area (Å²) in [4.78, 5) is 26.3.